The SMILES string of the molecule is C1=CSSN=C1. The molecule has 1 nitrogen and oxygen atoms in total. The summed E-state index contributed by atoms with van der Waals surface area (Å²) in [6.07, 6.45) is 3.70. The predicted molar refractivity (Wildman–Crippen MR) is 32.8 cm³/mol. The summed E-state index contributed by atoms with van der Waals surface area (Å²) in [6.45, 7) is 0. The van der Waals surface area contributed by atoms with Crippen LogP contribution in [0, 0.1) is 0 Å². The zero-order valence-corrected chi connectivity index (χ0v) is 4.63. The Labute approximate surface area is 44.5 Å². The molecule has 1 aliphatic rings. The van der Waals surface area contributed by atoms with E-state index >= 15 is 0 Å². The molecule has 0 fully saturated rings. The van der Waals surface area contributed by atoms with Crippen LogP contribution in [-0.2, 0) is 0 Å². The molecule has 6 heavy (non-hydrogen) atoms. The van der Waals surface area contributed by atoms with E-state index in [-0.39, 0.29) is 0 Å². The second kappa shape index (κ2) is 2.31. The molecule has 0 spiro atoms. The number of allylic oxidation sites excluding steroid dienone is 1. The zero-order valence-electron chi connectivity index (χ0n) is 3.00. The van der Waals surface area contributed by atoms with Gasteiger partial charge in [-0.25, -0.2) is 4.40 Å². The lowest BCUT2D eigenvalue weighted by Gasteiger charge is -1.86. The highest BCUT2D eigenvalue weighted by Crippen LogP contribution is 2.24. The summed E-state index contributed by atoms with van der Waals surface area (Å²) < 4.78 is 3.84. The molecule has 0 bridgehead atoms. The van der Waals surface area contributed by atoms with Crippen LogP contribution in [0.15, 0.2) is 15.9 Å². The molecule has 1 aliphatic heterocycles. The molecule has 0 aliphatic carbocycles. The summed E-state index contributed by atoms with van der Waals surface area (Å²) in [5.41, 5.74) is 0. The summed E-state index contributed by atoms with van der Waals surface area (Å²) in [4.78, 5) is 0. The first-order chi connectivity index (χ1) is 3.00. The van der Waals surface area contributed by atoms with Gasteiger partial charge >= 0.3 is 0 Å². The van der Waals surface area contributed by atoms with Gasteiger partial charge in [0.1, 0.15) is 0 Å². The lowest BCUT2D eigenvalue weighted by molar-refractivity contribution is 2.00. The molecule has 32 valence electrons. The number of hydrogen-bond acceptors (Lipinski definition) is 3. The lowest BCUT2D eigenvalue weighted by Crippen LogP contribution is -1.60. The minimum absolute atomic E-state index is 1.49. The van der Waals surface area contributed by atoms with Gasteiger partial charge in [-0.3, -0.25) is 0 Å². The van der Waals surface area contributed by atoms with Crippen LogP contribution in [0.2, 0.25) is 0 Å². The molecule has 0 amide bonds. The summed E-state index contributed by atoms with van der Waals surface area (Å²) in [5.74, 6) is 0. The molecule has 0 radical (unpaired) electrons. The maximum Gasteiger partial charge on any atom is 0.0480 e. The van der Waals surface area contributed by atoms with E-state index in [9.17, 15) is 0 Å². The summed E-state index contributed by atoms with van der Waals surface area (Å²) in [5, 5.41) is 2.00. The molecule has 3 heteroatoms. The molecule has 0 saturated heterocycles. The smallest absolute Gasteiger partial charge is 0.0480 e. The van der Waals surface area contributed by atoms with Crippen LogP contribution in [0.4, 0.5) is 0 Å². The van der Waals surface area contributed by atoms with E-state index < -0.39 is 0 Å². The molecule has 0 saturated carbocycles. The highest BCUT2D eigenvalue weighted by atomic mass is 33.1. The van der Waals surface area contributed by atoms with Crippen molar-refractivity contribution in [3.05, 3.63) is 11.5 Å². The highest BCUT2D eigenvalue weighted by Gasteiger charge is 1.79. The molecule has 1 heterocycles. The average Bonchev–Trinajstić information content (AvgIpc) is 1.72. The Kier molecular flexibility index (Phi) is 1.65. The third-order valence-corrected chi connectivity index (χ3v) is 1.78. The van der Waals surface area contributed by atoms with Crippen molar-refractivity contribution in [3.8, 4) is 0 Å². The summed E-state index contributed by atoms with van der Waals surface area (Å²) in [6, 6.07) is 0. The number of hydrogen-bond donors (Lipinski definition) is 0. The average molecular weight is 117 g/mol. The Balaban J connectivity index is 2.46. The van der Waals surface area contributed by atoms with Gasteiger partial charge in [-0.15, -0.1) is 0 Å². The van der Waals surface area contributed by atoms with Crippen molar-refractivity contribution in [2.75, 3.05) is 0 Å². The molecule has 1 rings (SSSR count). The van der Waals surface area contributed by atoms with Crippen molar-refractivity contribution in [2.24, 2.45) is 4.40 Å². The van der Waals surface area contributed by atoms with Crippen LogP contribution in [-0.4, -0.2) is 6.21 Å². The van der Waals surface area contributed by atoms with Gasteiger partial charge in [0, 0.05) is 17.2 Å². The van der Waals surface area contributed by atoms with Crippen molar-refractivity contribution < 1.29 is 0 Å². The van der Waals surface area contributed by atoms with E-state index in [2.05, 4.69) is 4.40 Å². The fourth-order valence-electron chi connectivity index (χ4n) is 0.177. The zero-order chi connectivity index (χ0) is 4.24. The van der Waals surface area contributed by atoms with E-state index in [0.29, 0.717) is 0 Å². The number of nitrogens with zero attached hydrogens (tertiary/aromatic N) is 1. The maximum absolute atomic E-state index is 3.84. The molecule has 0 unspecified atom stereocenters. The van der Waals surface area contributed by atoms with Gasteiger partial charge in [-0.2, -0.15) is 0 Å². The molecule has 0 N–H and O–H groups in total. The van der Waals surface area contributed by atoms with Gasteiger partial charge in [0.15, 0.2) is 0 Å². The largest absolute Gasteiger partial charge is 0.213 e. The van der Waals surface area contributed by atoms with Crippen LogP contribution < -0.4 is 0 Å². The quantitative estimate of drug-likeness (QED) is 0.355. The van der Waals surface area contributed by atoms with Crippen LogP contribution >= 0.6 is 21.8 Å². The predicted octanol–water partition coefficient (Wildman–Crippen LogP) is 1.88. The first-order valence-corrected chi connectivity index (χ1v) is 3.68. The van der Waals surface area contributed by atoms with Crippen molar-refractivity contribution in [1.29, 1.82) is 0 Å². The first kappa shape index (κ1) is 4.27. The molecule has 0 atom stereocenters. The normalized spacial score (nSPS) is 18.7. The fourth-order valence-corrected chi connectivity index (χ4v) is 1.17. The van der Waals surface area contributed by atoms with Crippen molar-refractivity contribution >= 4 is 28.0 Å². The van der Waals surface area contributed by atoms with E-state index in [1.165, 1.54) is 11.0 Å². The van der Waals surface area contributed by atoms with E-state index in [4.69, 9.17) is 0 Å². The van der Waals surface area contributed by atoms with Crippen LogP contribution in [0.1, 0.15) is 0 Å². The van der Waals surface area contributed by atoms with Gasteiger partial charge in [0.25, 0.3) is 0 Å². The fraction of sp³-hybridized carbons (Fsp3) is 0. The molecular formula is C3H3NS2. The third-order valence-electron chi connectivity index (χ3n) is 0.367. The van der Waals surface area contributed by atoms with Crippen molar-refractivity contribution in [2.45, 2.75) is 0 Å². The van der Waals surface area contributed by atoms with Crippen LogP contribution in [0.3, 0.4) is 0 Å². The van der Waals surface area contributed by atoms with Gasteiger partial charge < -0.3 is 0 Å². The minimum Gasteiger partial charge on any atom is -0.213 e. The summed E-state index contributed by atoms with van der Waals surface area (Å²) >= 11 is 0. The second-order valence-electron chi connectivity index (χ2n) is 0.754. The molecular weight excluding hydrogens is 114 g/mol. The van der Waals surface area contributed by atoms with Gasteiger partial charge in [-0.1, -0.05) is 0 Å². The maximum atomic E-state index is 3.84. The van der Waals surface area contributed by atoms with Crippen molar-refractivity contribution in [3.63, 3.8) is 0 Å². The lowest BCUT2D eigenvalue weighted by atomic mass is 10.7. The van der Waals surface area contributed by atoms with Crippen LogP contribution in [0.25, 0.3) is 0 Å². The molecule has 0 aromatic carbocycles. The van der Waals surface area contributed by atoms with Gasteiger partial charge in [0.05, 0.1) is 0 Å². The Morgan fingerprint density at radius 1 is 1.50 bits per heavy atom. The third kappa shape index (κ3) is 1.06. The molecule has 0 aromatic heterocycles. The molecule has 0 aromatic rings. The Morgan fingerprint density at radius 2 is 2.50 bits per heavy atom. The summed E-state index contributed by atoms with van der Waals surface area (Å²) in [7, 11) is 3.13. The topological polar surface area (TPSA) is 12.4 Å². The standard InChI is InChI=1S/C3H3NS2/c1-2-4-6-5-3-1/h1-3H. The Morgan fingerprint density at radius 3 is 2.67 bits per heavy atom. The highest BCUT2D eigenvalue weighted by molar-refractivity contribution is 8.77. The van der Waals surface area contributed by atoms with Crippen molar-refractivity contribution in [1.82, 2.24) is 0 Å². The van der Waals surface area contributed by atoms with E-state index in [1.54, 1.807) is 17.0 Å². The van der Waals surface area contributed by atoms with Gasteiger partial charge in [0.2, 0.25) is 0 Å². The van der Waals surface area contributed by atoms with E-state index in [0.717, 1.165) is 0 Å². The van der Waals surface area contributed by atoms with E-state index in [1.807, 2.05) is 11.5 Å². The van der Waals surface area contributed by atoms with Gasteiger partial charge in [-0.05, 0) is 22.3 Å². The number of rotatable bonds is 0. The minimum atomic E-state index is 1.49. The van der Waals surface area contributed by atoms with Crippen LogP contribution in [0.5, 0.6) is 0 Å². The Hall–Kier alpha value is 0.110. The monoisotopic (exact) mass is 117 g/mol. The second-order valence-corrected chi connectivity index (χ2v) is 2.60. The Bertz CT molecular complexity index is 74.8. The first-order valence-electron chi connectivity index (χ1n) is 1.51.